The maximum Gasteiger partial charge on any atom is 0.357 e. The predicted molar refractivity (Wildman–Crippen MR) is 86.3 cm³/mol. The fourth-order valence-electron chi connectivity index (χ4n) is 2.19. The number of hydroxylamine groups is 2. The number of nitrogens with zero attached hydrogens (tertiary/aromatic N) is 1. The van der Waals surface area contributed by atoms with Crippen molar-refractivity contribution < 1.29 is 19.5 Å². The van der Waals surface area contributed by atoms with Gasteiger partial charge in [0, 0.05) is 18.7 Å². The smallest absolute Gasteiger partial charge is 0.357 e. The van der Waals surface area contributed by atoms with Gasteiger partial charge in [-0.2, -0.15) is 0 Å². The van der Waals surface area contributed by atoms with Crippen LogP contribution in [0.1, 0.15) is 40.1 Å². The van der Waals surface area contributed by atoms with E-state index in [9.17, 15) is 14.7 Å². The summed E-state index contributed by atoms with van der Waals surface area (Å²) >= 11 is 0. The van der Waals surface area contributed by atoms with Crippen molar-refractivity contribution in [1.82, 2.24) is 5.06 Å². The van der Waals surface area contributed by atoms with E-state index in [4.69, 9.17) is 4.84 Å². The quantitative estimate of drug-likeness (QED) is 0.656. The molecule has 5 nitrogen and oxygen atoms in total. The van der Waals surface area contributed by atoms with Crippen LogP contribution in [0, 0.1) is 0 Å². The number of rotatable bonds is 6. The number of phenols is 1. The van der Waals surface area contributed by atoms with E-state index in [-0.39, 0.29) is 22.4 Å². The highest BCUT2D eigenvalue weighted by molar-refractivity contribution is 6.15. The molecule has 2 aromatic carbocycles. The molecule has 0 saturated heterocycles. The summed E-state index contributed by atoms with van der Waals surface area (Å²) in [4.78, 5) is 30.2. The number of hydrogen-bond acceptors (Lipinski definition) is 5. The molecule has 0 heterocycles. The number of hydrogen-bond donors (Lipinski definition) is 1. The van der Waals surface area contributed by atoms with Crippen LogP contribution in [0.5, 0.6) is 5.75 Å². The average Bonchev–Trinajstić information content (AvgIpc) is 2.59. The minimum atomic E-state index is -0.590. The lowest BCUT2D eigenvalue weighted by atomic mass is 9.98. The third kappa shape index (κ3) is 3.76. The first-order chi connectivity index (χ1) is 11.1. The zero-order valence-corrected chi connectivity index (χ0v) is 13.2. The molecule has 0 fully saturated rings. The number of carbonyl (C=O) groups is 2. The molecular weight excluding hydrogens is 294 g/mol. The van der Waals surface area contributed by atoms with Gasteiger partial charge in [0.1, 0.15) is 5.75 Å². The lowest BCUT2D eigenvalue weighted by Gasteiger charge is -2.18. The Morgan fingerprint density at radius 3 is 2.00 bits per heavy atom. The number of para-hydroxylation sites is 1. The Morgan fingerprint density at radius 2 is 1.43 bits per heavy atom. The number of carbonyl (C=O) groups excluding carboxylic acids is 2. The number of ketones is 1. The van der Waals surface area contributed by atoms with Crippen LogP contribution < -0.4 is 0 Å². The lowest BCUT2D eigenvalue weighted by Crippen LogP contribution is -2.27. The van der Waals surface area contributed by atoms with Crippen LogP contribution in [0.25, 0.3) is 0 Å². The molecule has 0 aliphatic rings. The van der Waals surface area contributed by atoms with Gasteiger partial charge in [-0.1, -0.05) is 30.3 Å². The van der Waals surface area contributed by atoms with Gasteiger partial charge in [0.05, 0.1) is 11.1 Å². The molecule has 5 heteroatoms. The van der Waals surface area contributed by atoms with Gasteiger partial charge in [-0.3, -0.25) is 4.79 Å². The molecule has 0 aliphatic heterocycles. The summed E-state index contributed by atoms with van der Waals surface area (Å²) in [6, 6.07) is 12.7. The van der Waals surface area contributed by atoms with Crippen molar-refractivity contribution in [1.29, 1.82) is 0 Å². The molecular formula is C18H19NO4. The molecule has 0 spiro atoms. The highest BCUT2D eigenvalue weighted by Crippen LogP contribution is 2.22. The molecule has 2 rings (SSSR count). The van der Waals surface area contributed by atoms with Crippen molar-refractivity contribution in [2.45, 2.75) is 13.8 Å². The molecule has 1 N–H and O–H groups in total. The van der Waals surface area contributed by atoms with Crippen LogP contribution in [-0.2, 0) is 4.84 Å². The number of phenolic OH excluding ortho intramolecular Hbond substituents is 1. The SMILES string of the molecule is CCN(CC)OC(=O)c1ccccc1C(=O)c1ccccc1O. The van der Waals surface area contributed by atoms with Gasteiger partial charge in [0.2, 0.25) is 0 Å². The largest absolute Gasteiger partial charge is 0.507 e. The van der Waals surface area contributed by atoms with Crippen molar-refractivity contribution in [2.24, 2.45) is 0 Å². The van der Waals surface area contributed by atoms with Crippen molar-refractivity contribution in [3.63, 3.8) is 0 Å². The van der Waals surface area contributed by atoms with Crippen LogP contribution in [0.4, 0.5) is 0 Å². The van der Waals surface area contributed by atoms with Crippen molar-refractivity contribution in [2.75, 3.05) is 13.1 Å². The lowest BCUT2D eigenvalue weighted by molar-refractivity contribution is -0.103. The van der Waals surface area contributed by atoms with E-state index in [1.165, 1.54) is 17.2 Å². The Kier molecular flexibility index (Phi) is 5.49. The molecule has 0 radical (unpaired) electrons. The molecule has 0 saturated carbocycles. The van der Waals surface area contributed by atoms with Crippen LogP contribution in [0.2, 0.25) is 0 Å². The van der Waals surface area contributed by atoms with Crippen LogP contribution >= 0.6 is 0 Å². The standard InChI is InChI=1S/C18H19NO4/c1-3-19(4-2)23-18(22)14-10-6-5-9-13(14)17(21)15-11-7-8-12-16(15)20/h5-12,20H,3-4H2,1-2H3. The average molecular weight is 313 g/mol. The van der Waals surface area contributed by atoms with Crippen LogP contribution in [0.3, 0.4) is 0 Å². The first-order valence-corrected chi connectivity index (χ1v) is 7.47. The van der Waals surface area contributed by atoms with Crippen molar-refractivity contribution >= 4 is 11.8 Å². The van der Waals surface area contributed by atoms with Gasteiger partial charge < -0.3 is 9.94 Å². The minimum Gasteiger partial charge on any atom is -0.507 e. The van der Waals surface area contributed by atoms with Gasteiger partial charge in [-0.15, -0.1) is 5.06 Å². The normalized spacial score (nSPS) is 10.6. The van der Waals surface area contributed by atoms with E-state index in [0.717, 1.165) is 0 Å². The molecule has 120 valence electrons. The maximum absolute atomic E-state index is 12.6. The Hall–Kier alpha value is -2.66. The van der Waals surface area contributed by atoms with Crippen LogP contribution in [0.15, 0.2) is 48.5 Å². The second kappa shape index (κ2) is 7.56. The van der Waals surface area contributed by atoms with Crippen LogP contribution in [-0.4, -0.2) is 35.0 Å². The second-order valence-corrected chi connectivity index (χ2v) is 4.88. The summed E-state index contributed by atoms with van der Waals surface area (Å²) in [5, 5.41) is 11.4. The predicted octanol–water partition coefficient (Wildman–Crippen LogP) is 3.04. The van der Waals surface area contributed by atoms with E-state index in [0.29, 0.717) is 13.1 Å². The number of benzene rings is 2. The molecule has 0 aliphatic carbocycles. The molecule has 0 bridgehead atoms. The van der Waals surface area contributed by atoms with E-state index >= 15 is 0 Å². The fraction of sp³-hybridized carbons (Fsp3) is 0.222. The van der Waals surface area contributed by atoms with Crippen molar-refractivity contribution in [3.8, 4) is 5.75 Å². The van der Waals surface area contributed by atoms with Gasteiger partial charge in [-0.25, -0.2) is 4.79 Å². The maximum atomic E-state index is 12.6. The van der Waals surface area contributed by atoms with E-state index in [1.807, 2.05) is 13.8 Å². The monoisotopic (exact) mass is 313 g/mol. The fourth-order valence-corrected chi connectivity index (χ4v) is 2.19. The zero-order valence-electron chi connectivity index (χ0n) is 13.2. The second-order valence-electron chi connectivity index (χ2n) is 4.88. The van der Waals surface area contributed by atoms with E-state index in [2.05, 4.69) is 0 Å². The van der Waals surface area contributed by atoms with E-state index in [1.54, 1.807) is 36.4 Å². The first-order valence-electron chi connectivity index (χ1n) is 7.47. The summed E-state index contributed by atoms with van der Waals surface area (Å²) in [5.74, 6) is -1.13. The Balaban J connectivity index is 2.36. The Morgan fingerprint density at radius 1 is 0.913 bits per heavy atom. The third-order valence-corrected chi connectivity index (χ3v) is 3.46. The summed E-state index contributed by atoms with van der Waals surface area (Å²) in [5.41, 5.74) is 0.523. The zero-order chi connectivity index (χ0) is 16.8. The molecule has 0 amide bonds. The Bertz CT molecular complexity index is 708. The first kappa shape index (κ1) is 16.7. The highest BCUT2D eigenvalue weighted by atomic mass is 16.7. The Labute approximate surface area is 135 Å². The van der Waals surface area contributed by atoms with Gasteiger partial charge in [-0.05, 0) is 32.0 Å². The number of aromatic hydroxyl groups is 1. The topological polar surface area (TPSA) is 66.8 Å². The minimum absolute atomic E-state index is 0.121. The third-order valence-electron chi connectivity index (χ3n) is 3.46. The molecule has 0 unspecified atom stereocenters. The highest BCUT2D eigenvalue weighted by Gasteiger charge is 2.22. The summed E-state index contributed by atoms with van der Waals surface area (Å²) in [6.07, 6.45) is 0. The molecule has 0 atom stereocenters. The summed E-state index contributed by atoms with van der Waals surface area (Å²) in [6.45, 7) is 4.85. The summed E-state index contributed by atoms with van der Waals surface area (Å²) < 4.78 is 0. The van der Waals surface area contributed by atoms with Gasteiger partial charge >= 0.3 is 5.97 Å². The van der Waals surface area contributed by atoms with Gasteiger partial charge in [0.15, 0.2) is 5.78 Å². The molecule has 2 aromatic rings. The molecule has 0 aromatic heterocycles. The summed E-state index contributed by atoms with van der Waals surface area (Å²) in [7, 11) is 0. The van der Waals surface area contributed by atoms with E-state index < -0.39 is 11.8 Å². The van der Waals surface area contributed by atoms with Gasteiger partial charge in [0.25, 0.3) is 0 Å². The van der Waals surface area contributed by atoms with Crippen molar-refractivity contribution in [3.05, 3.63) is 65.2 Å². The molecule has 23 heavy (non-hydrogen) atoms.